The second kappa shape index (κ2) is 7.81. The highest BCUT2D eigenvalue weighted by Gasteiger charge is 2.23. The van der Waals surface area contributed by atoms with Crippen molar-refractivity contribution in [2.45, 2.75) is 6.42 Å². The Labute approximate surface area is 151 Å². The lowest BCUT2D eigenvalue weighted by molar-refractivity contribution is -0.385. The molecule has 1 aliphatic heterocycles. The van der Waals surface area contributed by atoms with Gasteiger partial charge in [-0.15, -0.1) is 0 Å². The van der Waals surface area contributed by atoms with Crippen LogP contribution in [0.2, 0.25) is 0 Å². The number of rotatable bonds is 4. The van der Waals surface area contributed by atoms with Crippen molar-refractivity contribution >= 4 is 17.4 Å². The minimum Gasteiger partial charge on any atom is -0.496 e. The molecule has 1 aromatic carbocycles. The molecule has 0 bridgehead atoms. The first-order valence-corrected chi connectivity index (χ1v) is 8.38. The molecule has 8 heteroatoms. The summed E-state index contributed by atoms with van der Waals surface area (Å²) in [4.78, 5) is 31.1. The number of anilines is 1. The fourth-order valence-electron chi connectivity index (χ4n) is 3.01. The number of para-hydroxylation sites is 1. The third kappa shape index (κ3) is 3.74. The standard InChI is InChI=1S/C18H20N4O4/c1-26-16-6-3-2-5-15(16)18(23)21-10-4-9-20(11-12-21)17-8-7-14(13-19-17)22(24)25/h2-3,5-8,13H,4,9-12H2,1H3. The average molecular weight is 356 g/mol. The van der Waals surface area contributed by atoms with Crippen LogP contribution in [0.25, 0.3) is 0 Å². The van der Waals surface area contributed by atoms with Gasteiger partial charge in [0.15, 0.2) is 0 Å². The second-order valence-corrected chi connectivity index (χ2v) is 5.96. The molecule has 0 atom stereocenters. The molecule has 3 rings (SSSR count). The number of benzene rings is 1. The van der Waals surface area contributed by atoms with Crippen LogP contribution in [-0.2, 0) is 0 Å². The third-order valence-corrected chi connectivity index (χ3v) is 4.39. The van der Waals surface area contributed by atoms with Crippen LogP contribution in [0.1, 0.15) is 16.8 Å². The molecule has 1 amide bonds. The molecule has 0 spiro atoms. The predicted octanol–water partition coefficient (Wildman–Crippen LogP) is 2.35. The first kappa shape index (κ1) is 17.7. The highest BCUT2D eigenvalue weighted by molar-refractivity contribution is 5.97. The first-order chi connectivity index (χ1) is 12.6. The fourth-order valence-corrected chi connectivity index (χ4v) is 3.01. The van der Waals surface area contributed by atoms with Gasteiger partial charge in [-0.2, -0.15) is 0 Å². The lowest BCUT2D eigenvalue weighted by Crippen LogP contribution is -2.35. The zero-order valence-electron chi connectivity index (χ0n) is 14.5. The molecule has 1 aromatic heterocycles. The Balaban J connectivity index is 1.70. The Morgan fingerprint density at radius 1 is 1.15 bits per heavy atom. The van der Waals surface area contributed by atoms with E-state index in [1.165, 1.54) is 12.3 Å². The Bertz CT molecular complexity index is 794. The highest BCUT2D eigenvalue weighted by Crippen LogP contribution is 2.21. The van der Waals surface area contributed by atoms with E-state index >= 15 is 0 Å². The van der Waals surface area contributed by atoms with Gasteiger partial charge in [0.25, 0.3) is 11.6 Å². The van der Waals surface area contributed by atoms with Crippen LogP contribution in [0.15, 0.2) is 42.6 Å². The number of hydrogen-bond acceptors (Lipinski definition) is 6. The van der Waals surface area contributed by atoms with Gasteiger partial charge in [-0.05, 0) is 24.6 Å². The molecular formula is C18H20N4O4. The average Bonchev–Trinajstić information content (AvgIpc) is 2.93. The molecule has 1 saturated heterocycles. The quantitative estimate of drug-likeness (QED) is 0.617. The summed E-state index contributed by atoms with van der Waals surface area (Å²) in [5.41, 5.74) is 0.522. The maximum atomic E-state index is 12.8. The summed E-state index contributed by atoms with van der Waals surface area (Å²) in [6.45, 7) is 2.54. The highest BCUT2D eigenvalue weighted by atomic mass is 16.6. The number of nitrogens with zero attached hydrogens (tertiary/aromatic N) is 4. The van der Waals surface area contributed by atoms with E-state index in [1.807, 2.05) is 21.9 Å². The number of hydrogen-bond donors (Lipinski definition) is 0. The minimum absolute atomic E-state index is 0.0310. The molecule has 26 heavy (non-hydrogen) atoms. The molecule has 1 fully saturated rings. The second-order valence-electron chi connectivity index (χ2n) is 5.96. The van der Waals surface area contributed by atoms with E-state index in [1.54, 1.807) is 25.3 Å². The summed E-state index contributed by atoms with van der Waals surface area (Å²) in [6, 6.07) is 10.3. The van der Waals surface area contributed by atoms with Crippen molar-refractivity contribution in [1.29, 1.82) is 0 Å². The van der Waals surface area contributed by atoms with Gasteiger partial charge in [-0.1, -0.05) is 12.1 Å². The van der Waals surface area contributed by atoms with Crippen LogP contribution in [0.4, 0.5) is 11.5 Å². The Morgan fingerprint density at radius 3 is 2.65 bits per heavy atom. The molecule has 2 aromatic rings. The Kier molecular flexibility index (Phi) is 5.31. The largest absolute Gasteiger partial charge is 0.496 e. The predicted molar refractivity (Wildman–Crippen MR) is 96.6 cm³/mol. The van der Waals surface area contributed by atoms with E-state index in [-0.39, 0.29) is 11.6 Å². The number of carbonyl (C=O) groups is 1. The number of ether oxygens (including phenoxy) is 1. The van der Waals surface area contributed by atoms with Crippen LogP contribution >= 0.6 is 0 Å². The number of nitro groups is 1. The van der Waals surface area contributed by atoms with Crippen molar-refractivity contribution in [2.75, 3.05) is 38.2 Å². The number of pyridine rings is 1. The molecule has 136 valence electrons. The van der Waals surface area contributed by atoms with Crippen LogP contribution in [0, 0.1) is 10.1 Å². The van der Waals surface area contributed by atoms with Crippen LogP contribution in [-0.4, -0.2) is 54.0 Å². The van der Waals surface area contributed by atoms with E-state index in [0.717, 1.165) is 13.0 Å². The molecule has 0 saturated carbocycles. The van der Waals surface area contributed by atoms with E-state index < -0.39 is 4.92 Å². The molecule has 8 nitrogen and oxygen atoms in total. The number of aromatic nitrogens is 1. The Morgan fingerprint density at radius 2 is 1.96 bits per heavy atom. The van der Waals surface area contributed by atoms with Crippen molar-refractivity contribution < 1.29 is 14.5 Å². The fraction of sp³-hybridized carbons (Fsp3) is 0.333. The molecule has 0 N–H and O–H groups in total. The summed E-state index contributed by atoms with van der Waals surface area (Å²) in [5, 5.41) is 10.7. The normalized spacial score (nSPS) is 14.7. The van der Waals surface area contributed by atoms with Crippen molar-refractivity contribution in [1.82, 2.24) is 9.88 Å². The SMILES string of the molecule is COc1ccccc1C(=O)N1CCCN(c2ccc([N+](=O)[O-])cn2)CC1. The molecule has 0 radical (unpaired) electrons. The van der Waals surface area contributed by atoms with E-state index in [2.05, 4.69) is 4.98 Å². The van der Waals surface area contributed by atoms with Crippen molar-refractivity contribution in [3.63, 3.8) is 0 Å². The molecule has 0 aliphatic carbocycles. The van der Waals surface area contributed by atoms with Gasteiger partial charge < -0.3 is 14.5 Å². The van der Waals surface area contributed by atoms with Crippen LogP contribution in [0.5, 0.6) is 5.75 Å². The van der Waals surface area contributed by atoms with Gasteiger partial charge in [-0.3, -0.25) is 14.9 Å². The summed E-state index contributed by atoms with van der Waals surface area (Å²) in [6.07, 6.45) is 2.05. The summed E-state index contributed by atoms with van der Waals surface area (Å²) >= 11 is 0. The summed E-state index contributed by atoms with van der Waals surface area (Å²) in [7, 11) is 1.55. The lowest BCUT2D eigenvalue weighted by Gasteiger charge is -2.23. The van der Waals surface area contributed by atoms with Crippen molar-refractivity contribution in [2.24, 2.45) is 0 Å². The van der Waals surface area contributed by atoms with Gasteiger partial charge in [0.05, 0.1) is 17.6 Å². The third-order valence-electron chi connectivity index (χ3n) is 4.39. The maximum Gasteiger partial charge on any atom is 0.287 e. The smallest absolute Gasteiger partial charge is 0.287 e. The number of methoxy groups -OCH3 is 1. The summed E-state index contributed by atoms with van der Waals surface area (Å²) < 4.78 is 5.29. The van der Waals surface area contributed by atoms with Crippen LogP contribution in [0.3, 0.4) is 0 Å². The molecule has 1 aliphatic rings. The monoisotopic (exact) mass is 356 g/mol. The zero-order valence-corrected chi connectivity index (χ0v) is 14.5. The van der Waals surface area contributed by atoms with E-state index in [9.17, 15) is 14.9 Å². The molecule has 0 unspecified atom stereocenters. The topological polar surface area (TPSA) is 88.8 Å². The molecular weight excluding hydrogens is 336 g/mol. The number of amides is 1. The Hall–Kier alpha value is -3.16. The van der Waals surface area contributed by atoms with Gasteiger partial charge in [0.2, 0.25) is 0 Å². The van der Waals surface area contributed by atoms with Crippen molar-refractivity contribution in [3.8, 4) is 5.75 Å². The van der Waals surface area contributed by atoms with Gasteiger partial charge in [0.1, 0.15) is 17.8 Å². The van der Waals surface area contributed by atoms with E-state index in [0.29, 0.717) is 36.8 Å². The van der Waals surface area contributed by atoms with Crippen LogP contribution < -0.4 is 9.64 Å². The summed E-state index contributed by atoms with van der Waals surface area (Å²) in [5.74, 6) is 1.19. The number of carbonyl (C=O) groups excluding carboxylic acids is 1. The first-order valence-electron chi connectivity index (χ1n) is 8.38. The van der Waals surface area contributed by atoms with Crippen molar-refractivity contribution in [3.05, 3.63) is 58.3 Å². The molecule has 2 heterocycles. The maximum absolute atomic E-state index is 12.8. The van der Waals surface area contributed by atoms with Gasteiger partial charge in [0, 0.05) is 32.2 Å². The van der Waals surface area contributed by atoms with E-state index in [4.69, 9.17) is 4.74 Å². The van der Waals surface area contributed by atoms with Gasteiger partial charge >= 0.3 is 0 Å². The lowest BCUT2D eigenvalue weighted by atomic mass is 10.1. The zero-order chi connectivity index (χ0) is 18.5. The van der Waals surface area contributed by atoms with Gasteiger partial charge in [-0.25, -0.2) is 4.98 Å². The minimum atomic E-state index is -0.465.